The fourth-order valence-corrected chi connectivity index (χ4v) is 2.10. The molecular formula is C16H13NO3. The molecule has 0 aliphatic carbocycles. The zero-order valence-corrected chi connectivity index (χ0v) is 10.9. The van der Waals surface area contributed by atoms with Crippen LogP contribution in [0.25, 0.3) is 11.0 Å². The molecule has 0 atom stereocenters. The van der Waals surface area contributed by atoms with Crippen LogP contribution in [0.4, 0.5) is 5.69 Å². The highest BCUT2D eigenvalue weighted by Gasteiger charge is 2.14. The van der Waals surface area contributed by atoms with Crippen LogP contribution in [0, 0.1) is 6.92 Å². The van der Waals surface area contributed by atoms with Gasteiger partial charge >= 0.3 is 0 Å². The molecule has 1 heterocycles. The van der Waals surface area contributed by atoms with Crippen LogP contribution in [0.15, 0.2) is 53.1 Å². The molecule has 1 amide bonds. The van der Waals surface area contributed by atoms with E-state index in [0.717, 1.165) is 5.39 Å². The Morgan fingerprint density at radius 2 is 1.95 bits per heavy atom. The first-order valence-electron chi connectivity index (χ1n) is 6.23. The largest absolute Gasteiger partial charge is 0.508 e. The molecule has 4 nitrogen and oxygen atoms in total. The second-order valence-corrected chi connectivity index (χ2v) is 4.55. The molecule has 0 saturated heterocycles. The highest BCUT2D eigenvalue weighted by Crippen LogP contribution is 2.26. The number of hydrogen-bond acceptors (Lipinski definition) is 3. The van der Waals surface area contributed by atoms with E-state index in [2.05, 4.69) is 5.32 Å². The van der Waals surface area contributed by atoms with Gasteiger partial charge in [-0.3, -0.25) is 4.79 Å². The lowest BCUT2D eigenvalue weighted by Crippen LogP contribution is -2.12. The summed E-state index contributed by atoms with van der Waals surface area (Å²) in [4.78, 5) is 12.3. The first-order valence-corrected chi connectivity index (χ1v) is 6.23. The molecule has 0 fully saturated rings. The smallest absolute Gasteiger partial charge is 0.259 e. The Morgan fingerprint density at radius 3 is 2.80 bits per heavy atom. The zero-order valence-electron chi connectivity index (χ0n) is 10.9. The first-order chi connectivity index (χ1) is 9.66. The molecule has 100 valence electrons. The molecule has 3 rings (SSSR count). The number of fused-ring (bicyclic) bond motifs is 1. The minimum Gasteiger partial charge on any atom is -0.508 e. The van der Waals surface area contributed by atoms with Crippen molar-refractivity contribution in [3.63, 3.8) is 0 Å². The van der Waals surface area contributed by atoms with Gasteiger partial charge in [-0.15, -0.1) is 0 Å². The Kier molecular flexibility index (Phi) is 2.91. The van der Waals surface area contributed by atoms with Crippen molar-refractivity contribution in [1.82, 2.24) is 0 Å². The average Bonchev–Trinajstić information content (AvgIpc) is 2.88. The Bertz CT molecular complexity index is 789. The molecule has 20 heavy (non-hydrogen) atoms. The number of phenols is 1. The number of carbonyl (C=O) groups excluding carboxylic acids is 1. The summed E-state index contributed by atoms with van der Waals surface area (Å²) < 4.78 is 5.35. The van der Waals surface area contributed by atoms with Gasteiger partial charge in [0, 0.05) is 16.6 Å². The lowest BCUT2D eigenvalue weighted by Gasteiger charge is -2.08. The van der Waals surface area contributed by atoms with E-state index >= 15 is 0 Å². The molecule has 3 aromatic rings. The second kappa shape index (κ2) is 4.74. The molecule has 0 aliphatic heterocycles. The summed E-state index contributed by atoms with van der Waals surface area (Å²) in [6.07, 6.45) is 1.44. The SMILES string of the molecule is Cc1c(O)cccc1NC(=O)c1coc2ccccc12. The van der Waals surface area contributed by atoms with Crippen LogP contribution in [0.5, 0.6) is 5.75 Å². The van der Waals surface area contributed by atoms with Gasteiger partial charge in [-0.1, -0.05) is 24.3 Å². The van der Waals surface area contributed by atoms with Crippen molar-refractivity contribution in [3.8, 4) is 5.75 Å². The van der Waals surface area contributed by atoms with Crippen molar-refractivity contribution in [3.05, 3.63) is 59.9 Å². The monoisotopic (exact) mass is 267 g/mol. The Morgan fingerprint density at radius 1 is 1.15 bits per heavy atom. The van der Waals surface area contributed by atoms with Gasteiger partial charge in [0.15, 0.2) is 0 Å². The minimum atomic E-state index is -0.261. The minimum absolute atomic E-state index is 0.153. The maximum absolute atomic E-state index is 12.3. The third-order valence-corrected chi connectivity index (χ3v) is 3.28. The number of amides is 1. The van der Waals surface area contributed by atoms with Crippen LogP contribution in [0.1, 0.15) is 15.9 Å². The van der Waals surface area contributed by atoms with Crippen molar-refractivity contribution in [2.24, 2.45) is 0 Å². The van der Waals surface area contributed by atoms with Crippen molar-refractivity contribution in [2.75, 3.05) is 5.32 Å². The summed E-state index contributed by atoms with van der Waals surface area (Å²) in [5.41, 5.74) is 2.36. The quantitative estimate of drug-likeness (QED) is 0.744. The standard InChI is InChI=1S/C16H13NO3/c1-10-13(6-4-7-14(10)18)17-16(19)12-9-20-15-8-3-2-5-11(12)15/h2-9,18H,1H3,(H,17,19). The molecule has 2 N–H and O–H groups in total. The van der Waals surface area contributed by atoms with Crippen molar-refractivity contribution in [2.45, 2.75) is 6.92 Å². The number of phenolic OH excluding ortho intramolecular Hbond substituents is 1. The Hall–Kier alpha value is -2.75. The predicted octanol–water partition coefficient (Wildman–Crippen LogP) is 3.70. The third kappa shape index (κ3) is 2.01. The number of nitrogens with one attached hydrogen (secondary N) is 1. The fourth-order valence-electron chi connectivity index (χ4n) is 2.10. The fraction of sp³-hybridized carbons (Fsp3) is 0.0625. The third-order valence-electron chi connectivity index (χ3n) is 3.28. The van der Waals surface area contributed by atoms with Crippen LogP contribution in [-0.2, 0) is 0 Å². The molecule has 0 spiro atoms. The van der Waals surface area contributed by atoms with Crippen LogP contribution >= 0.6 is 0 Å². The van der Waals surface area contributed by atoms with E-state index in [-0.39, 0.29) is 11.7 Å². The molecular weight excluding hydrogens is 254 g/mol. The van der Waals surface area contributed by atoms with Crippen molar-refractivity contribution >= 4 is 22.6 Å². The Balaban J connectivity index is 1.95. The average molecular weight is 267 g/mol. The number of benzene rings is 2. The van der Waals surface area contributed by atoms with Crippen LogP contribution in [0.3, 0.4) is 0 Å². The molecule has 0 unspecified atom stereocenters. The van der Waals surface area contributed by atoms with Crippen LogP contribution < -0.4 is 5.32 Å². The number of aromatic hydroxyl groups is 1. The number of para-hydroxylation sites is 1. The molecule has 4 heteroatoms. The normalized spacial score (nSPS) is 10.7. The highest BCUT2D eigenvalue weighted by molar-refractivity contribution is 6.12. The summed E-state index contributed by atoms with van der Waals surface area (Å²) in [6.45, 7) is 1.75. The van der Waals surface area contributed by atoms with Crippen molar-refractivity contribution in [1.29, 1.82) is 0 Å². The number of anilines is 1. The van der Waals surface area contributed by atoms with Gasteiger partial charge in [-0.25, -0.2) is 0 Å². The van der Waals surface area contributed by atoms with E-state index in [1.54, 1.807) is 25.1 Å². The van der Waals surface area contributed by atoms with E-state index < -0.39 is 0 Å². The van der Waals surface area contributed by atoms with Crippen LogP contribution in [-0.4, -0.2) is 11.0 Å². The Labute approximate surface area is 115 Å². The van der Waals surface area contributed by atoms with E-state index in [1.807, 2.05) is 24.3 Å². The molecule has 0 aliphatic rings. The van der Waals surface area contributed by atoms with E-state index in [9.17, 15) is 9.90 Å². The van der Waals surface area contributed by atoms with E-state index in [4.69, 9.17) is 4.42 Å². The summed E-state index contributed by atoms with van der Waals surface area (Å²) >= 11 is 0. The maximum Gasteiger partial charge on any atom is 0.259 e. The molecule has 1 aromatic heterocycles. The molecule has 2 aromatic carbocycles. The van der Waals surface area contributed by atoms with E-state index in [0.29, 0.717) is 22.4 Å². The summed E-state index contributed by atoms with van der Waals surface area (Å²) in [5.74, 6) is -0.108. The highest BCUT2D eigenvalue weighted by atomic mass is 16.3. The summed E-state index contributed by atoms with van der Waals surface area (Å²) in [5, 5.41) is 13.2. The first kappa shape index (κ1) is 12.3. The lowest BCUT2D eigenvalue weighted by atomic mass is 10.1. The van der Waals surface area contributed by atoms with Crippen LogP contribution in [0.2, 0.25) is 0 Å². The van der Waals surface area contributed by atoms with E-state index in [1.165, 1.54) is 6.26 Å². The molecule has 0 radical (unpaired) electrons. The molecule has 0 saturated carbocycles. The number of carbonyl (C=O) groups is 1. The van der Waals surface area contributed by atoms with Crippen molar-refractivity contribution < 1.29 is 14.3 Å². The van der Waals surface area contributed by atoms with Gasteiger partial charge in [0.05, 0.1) is 5.56 Å². The number of furan rings is 1. The lowest BCUT2D eigenvalue weighted by molar-refractivity contribution is 0.102. The molecule has 0 bridgehead atoms. The number of hydrogen-bond donors (Lipinski definition) is 2. The summed E-state index contributed by atoms with van der Waals surface area (Å²) in [6, 6.07) is 12.4. The second-order valence-electron chi connectivity index (χ2n) is 4.55. The van der Waals surface area contributed by atoms with Gasteiger partial charge in [0.1, 0.15) is 17.6 Å². The number of rotatable bonds is 2. The van der Waals surface area contributed by atoms with Gasteiger partial charge in [0.25, 0.3) is 5.91 Å². The van der Waals surface area contributed by atoms with Gasteiger partial charge in [0.2, 0.25) is 0 Å². The van der Waals surface area contributed by atoms with Gasteiger partial charge in [-0.2, -0.15) is 0 Å². The zero-order chi connectivity index (χ0) is 14.1. The van der Waals surface area contributed by atoms with Gasteiger partial charge in [-0.05, 0) is 25.1 Å². The topological polar surface area (TPSA) is 62.5 Å². The summed E-state index contributed by atoms with van der Waals surface area (Å²) in [7, 11) is 0. The van der Waals surface area contributed by atoms with Gasteiger partial charge < -0.3 is 14.8 Å². The predicted molar refractivity (Wildman–Crippen MR) is 77.0 cm³/mol. The maximum atomic E-state index is 12.3.